The van der Waals surface area contributed by atoms with Gasteiger partial charge in [-0.1, -0.05) is 42.5 Å². The topological polar surface area (TPSA) is 30.5 Å². The summed E-state index contributed by atoms with van der Waals surface area (Å²) in [5, 5.41) is 3.86. The third-order valence-electron chi connectivity index (χ3n) is 4.68. The highest BCUT2D eigenvalue weighted by molar-refractivity contribution is 5.35. The van der Waals surface area contributed by atoms with Gasteiger partial charge in [0.1, 0.15) is 5.75 Å². The van der Waals surface area contributed by atoms with Gasteiger partial charge in [0.15, 0.2) is 0 Å². The van der Waals surface area contributed by atoms with Crippen LogP contribution in [0.4, 0.5) is 0 Å². The van der Waals surface area contributed by atoms with E-state index in [4.69, 9.17) is 9.47 Å². The van der Waals surface area contributed by atoms with Gasteiger partial charge in [-0.05, 0) is 49.9 Å². The van der Waals surface area contributed by atoms with E-state index < -0.39 is 0 Å². The van der Waals surface area contributed by atoms with Crippen molar-refractivity contribution in [3.05, 3.63) is 65.7 Å². The first-order valence-corrected chi connectivity index (χ1v) is 8.66. The summed E-state index contributed by atoms with van der Waals surface area (Å²) in [4.78, 5) is 0. The Bertz CT molecular complexity index is 637. The zero-order valence-electron chi connectivity index (χ0n) is 14.8. The lowest BCUT2D eigenvalue weighted by molar-refractivity contribution is -0.0637. The number of benzene rings is 2. The van der Waals surface area contributed by atoms with Crippen molar-refractivity contribution in [3.63, 3.8) is 0 Å². The number of hydrogen-bond donors (Lipinski definition) is 1. The fraction of sp³-hybridized carbons (Fsp3) is 0.429. The lowest BCUT2D eigenvalue weighted by Gasteiger charge is -2.38. The van der Waals surface area contributed by atoms with E-state index in [9.17, 15) is 0 Å². The van der Waals surface area contributed by atoms with Gasteiger partial charge in [0.2, 0.25) is 0 Å². The largest absolute Gasteiger partial charge is 0.497 e. The summed E-state index contributed by atoms with van der Waals surface area (Å²) in [6.07, 6.45) is 2.06. The number of ether oxygens (including phenoxy) is 2. The quantitative estimate of drug-likeness (QED) is 0.887. The fourth-order valence-corrected chi connectivity index (χ4v) is 3.44. The molecule has 1 aliphatic rings. The van der Waals surface area contributed by atoms with Crippen molar-refractivity contribution < 1.29 is 9.47 Å². The van der Waals surface area contributed by atoms with E-state index in [-0.39, 0.29) is 11.6 Å². The summed E-state index contributed by atoms with van der Waals surface area (Å²) in [5.74, 6) is 0.887. The molecule has 1 N–H and O–H groups in total. The molecule has 2 aromatic rings. The van der Waals surface area contributed by atoms with Gasteiger partial charge in [-0.15, -0.1) is 0 Å². The Labute approximate surface area is 145 Å². The average molecular weight is 325 g/mol. The van der Waals surface area contributed by atoms with Gasteiger partial charge in [-0.25, -0.2) is 0 Å². The zero-order chi connectivity index (χ0) is 17.0. The molecule has 3 heteroatoms. The molecule has 0 radical (unpaired) electrons. The van der Waals surface area contributed by atoms with Gasteiger partial charge < -0.3 is 14.8 Å². The summed E-state index contributed by atoms with van der Waals surface area (Å²) < 4.78 is 11.2. The molecule has 0 saturated carbocycles. The molecule has 2 aromatic carbocycles. The van der Waals surface area contributed by atoms with E-state index in [1.807, 2.05) is 12.1 Å². The third kappa shape index (κ3) is 4.16. The smallest absolute Gasteiger partial charge is 0.118 e. The molecule has 0 unspecified atom stereocenters. The second kappa shape index (κ2) is 7.37. The molecule has 2 atom stereocenters. The van der Waals surface area contributed by atoms with Crippen LogP contribution in [0.2, 0.25) is 0 Å². The number of nitrogens with one attached hydrogen (secondary N) is 1. The lowest BCUT2D eigenvalue weighted by atomic mass is 9.91. The predicted molar refractivity (Wildman–Crippen MR) is 97.5 cm³/mol. The number of methoxy groups -OCH3 is 1. The van der Waals surface area contributed by atoms with Gasteiger partial charge in [0.25, 0.3) is 0 Å². The second-order valence-electron chi connectivity index (χ2n) is 7.08. The molecule has 0 aromatic heterocycles. The molecular formula is C21H27NO2. The minimum atomic E-state index is -0.0585. The molecule has 1 heterocycles. The van der Waals surface area contributed by atoms with Gasteiger partial charge in [0.05, 0.1) is 18.8 Å². The van der Waals surface area contributed by atoms with Gasteiger partial charge in [0, 0.05) is 12.6 Å². The maximum atomic E-state index is 5.86. The van der Waals surface area contributed by atoms with Crippen LogP contribution < -0.4 is 10.1 Å². The molecule has 3 nitrogen and oxygen atoms in total. The summed E-state index contributed by atoms with van der Waals surface area (Å²) in [6.45, 7) is 5.16. The van der Waals surface area contributed by atoms with Crippen molar-refractivity contribution in [2.75, 3.05) is 13.7 Å². The van der Waals surface area contributed by atoms with Crippen LogP contribution in [0, 0.1) is 0 Å². The van der Waals surface area contributed by atoms with Crippen LogP contribution in [-0.2, 0) is 4.74 Å². The van der Waals surface area contributed by atoms with Crippen LogP contribution in [0.1, 0.15) is 43.9 Å². The van der Waals surface area contributed by atoms with Crippen LogP contribution >= 0.6 is 0 Å². The van der Waals surface area contributed by atoms with Crippen LogP contribution in [0.5, 0.6) is 5.75 Å². The first-order valence-electron chi connectivity index (χ1n) is 8.66. The maximum absolute atomic E-state index is 5.86. The number of hydrogen-bond acceptors (Lipinski definition) is 3. The van der Waals surface area contributed by atoms with Gasteiger partial charge in [-0.2, -0.15) is 0 Å². The van der Waals surface area contributed by atoms with Crippen molar-refractivity contribution >= 4 is 0 Å². The molecule has 1 saturated heterocycles. The molecule has 3 rings (SSSR count). The molecule has 1 fully saturated rings. The second-order valence-corrected chi connectivity index (χ2v) is 7.08. The van der Waals surface area contributed by atoms with Gasteiger partial charge >= 0.3 is 0 Å². The van der Waals surface area contributed by atoms with E-state index in [1.54, 1.807) is 7.11 Å². The first kappa shape index (κ1) is 17.0. The Hall–Kier alpha value is -1.84. The standard InChI is InChI=1S/C21H27NO2/c1-21(2)15-18(13-14-24-21)22-20(16-7-5-4-6-8-16)17-9-11-19(23-3)12-10-17/h4-12,18,20,22H,13-15H2,1-3H3/t18-,20+/m1/s1. The van der Waals surface area contributed by atoms with Crippen molar-refractivity contribution in [3.8, 4) is 5.75 Å². The normalized spacial score (nSPS) is 21.2. The maximum Gasteiger partial charge on any atom is 0.118 e. The Morgan fingerprint density at radius 1 is 1.04 bits per heavy atom. The fourth-order valence-electron chi connectivity index (χ4n) is 3.44. The Morgan fingerprint density at radius 3 is 2.33 bits per heavy atom. The highest BCUT2D eigenvalue weighted by atomic mass is 16.5. The highest BCUT2D eigenvalue weighted by Crippen LogP contribution is 2.29. The van der Waals surface area contributed by atoms with E-state index >= 15 is 0 Å². The van der Waals surface area contributed by atoms with E-state index in [1.165, 1.54) is 11.1 Å². The van der Waals surface area contributed by atoms with Crippen LogP contribution in [0.3, 0.4) is 0 Å². The van der Waals surface area contributed by atoms with E-state index in [0.717, 1.165) is 25.2 Å². The summed E-state index contributed by atoms with van der Waals surface area (Å²) in [6, 6.07) is 19.6. The monoisotopic (exact) mass is 325 g/mol. The van der Waals surface area contributed by atoms with E-state index in [0.29, 0.717) is 6.04 Å². The third-order valence-corrected chi connectivity index (χ3v) is 4.68. The molecule has 24 heavy (non-hydrogen) atoms. The molecule has 128 valence electrons. The summed E-state index contributed by atoms with van der Waals surface area (Å²) in [7, 11) is 1.70. The van der Waals surface area contributed by atoms with Crippen molar-refractivity contribution in [1.29, 1.82) is 0 Å². The molecule has 0 spiro atoms. The van der Waals surface area contributed by atoms with Crippen molar-refractivity contribution in [2.24, 2.45) is 0 Å². The van der Waals surface area contributed by atoms with Gasteiger partial charge in [-0.3, -0.25) is 0 Å². The summed E-state index contributed by atoms with van der Waals surface area (Å²) >= 11 is 0. The van der Waals surface area contributed by atoms with Crippen molar-refractivity contribution in [2.45, 2.75) is 44.4 Å². The Morgan fingerprint density at radius 2 is 1.71 bits per heavy atom. The van der Waals surface area contributed by atoms with Crippen molar-refractivity contribution in [1.82, 2.24) is 5.32 Å². The lowest BCUT2D eigenvalue weighted by Crippen LogP contribution is -2.45. The molecular weight excluding hydrogens is 298 g/mol. The molecule has 0 amide bonds. The number of rotatable bonds is 5. The zero-order valence-corrected chi connectivity index (χ0v) is 14.8. The minimum Gasteiger partial charge on any atom is -0.497 e. The first-order chi connectivity index (χ1) is 11.6. The average Bonchev–Trinajstić information content (AvgIpc) is 2.60. The SMILES string of the molecule is COc1ccc([C@@H](N[C@@H]2CCOC(C)(C)C2)c2ccccc2)cc1. The predicted octanol–water partition coefficient (Wildman–Crippen LogP) is 4.33. The Balaban J connectivity index is 1.85. The molecule has 0 aliphatic carbocycles. The minimum absolute atomic E-state index is 0.0585. The highest BCUT2D eigenvalue weighted by Gasteiger charge is 2.30. The molecule has 1 aliphatic heterocycles. The molecule has 0 bridgehead atoms. The Kier molecular flexibility index (Phi) is 5.22. The van der Waals surface area contributed by atoms with E-state index in [2.05, 4.69) is 61.6 Å². The summed E-state index contributed by atoms with van der Waals surface area (Å²) in [5.41, 5.74) is 2.48. The van der Waals surface area contributed by atoms with Crippen LogP contribution in [0.15, 0.2) is 54.6 Å². The van der Waals surface area contributed by atoms with Crippen LogP contribution in [-0.4, -0.2) is 25.4 Å². The van der Waals surface area contributed by atoms with Crippen LogP contribution in [0.25, 0.3) is 0 Å².